The van der Waals surface area contributed by atoms with Gasteiger partial charge in [0.15, 0.2) is 5.82 Å². The first-order valence-electron chi connectivity index (χ1n) is 11.0. The van der Waals surface area contributed by atoms with E-state index in [-0.39, 0.29) is 5.91 Å². The number of hydrogen-bond acceptors (Lipinski definition) is 7. The number of para-hydroxylation sites is 2. The molecule has 7 nitrogen and oxygen atoms in total. The van der Waals surface area contributed by atoms with Crippen LogP contribution in [0.5, 0.6) is 5.75 Å². The van der Waals surface area contributed by atoms with Crippen molar-refractivity contribution in [3.8, 4) is 5.75 Å². The Kier molecular flexibility index (Phi) is 7.34. The number of amides is 1. The molecule has 8 heteroatoms. The Morgan fingerprint density at radius 3 is 2.48 bits per heavy atom. The Morgan fingerprint density at radius 1 is 1.00 bits per heavy atom. The molecule has 1 fully saturated rings. The molecule has 0 unspecified atom stereocenters. The van der Waals surface area contributed by atoms with E-state index in [1.54, 1.807) is 7.11 Å². The third kappa shape index (κ3) is 5.76. The summed E-state index contributed by atoms with van der Waals surface area (Å²) in [6, 6.07) is 18.1. The quantitative estimate of drug-likeness (QED) is 0.528. The molecule has 0 saturated carbocycles. The van der Waals surface area contributed by atoms with Crippen LogP contribution < -0.4 is 19.9 Å². The molecule has 0 spiro atoms. The van der Waals surface area contributed by atoms with Crippen molar-refractivity contribution >= 4 is 34.9 Å². The summed E-state index contributed by atoms with van der Waals surface area (Å²) in [4.78, 5) is 16.9. The third-order valence-corrected chi connectivity index (χ3v) is 6.59. The fourth-order valence-electron chi connectivity index (χ4n) is 3.82. The van der Waals surface area contributed by atoms with E-state index < -0.39 is 0 Å². The molecule has 2 aromatic carbocycles. The molecule has 1 aliphatic heterocycles. The normalized spacial score (nSPS) is 13.7. The highest BCUT2D eigenvalue weighted by atomic mass is 32.2. The summed E-state index contributed by atoms with van der Waals surface area (Å²) in [6.07, 6.45) is 0. The lowest BCUT2D eigenvalue weighted by Gasteiger charge is -2.37. The number of carbonyl (C=O) groups is 1. The van der Waals surface area contributed by atoms with Gasteiger partial charge >= 0.3 is 0 Å². The lowest BCUT2D eigenvalue weighted by atomic mass is 10.1. The SMILES string of the molecule is COc1ccccc1N1CCN(c2ccc(SCC(=O)Nc3cc(C)ccc3C)nn2)CC1. The second kappa shape index (κ2) is 10.6. The van der Waals surface area contributed by atoms with Gasteiger partial charge in [-0.3, -0.25) is 4.79 Å². The number of hydrogen-bond donors (Lipinski definition) is 1. The molecule has 172 valence electrons. The van der Waals surface area contributed by atoms with Crippen molar-refractivity contribution in [1.82, 2.24) is 10.2 Å². The molecular formula is C25H29N5O2S. The van der Waals surface area contributed by atoms with E-state index >= 15 is 0 Å². The maximum Gasteiger partial charge on any atom is 0.234 e. The first kappa shape index (κ1) is 22.9. The van der Waals surface area contributed by atoms with Gasteiger partial charge in [0, 0.05) is 31.9 Å². The highest BCUT2D eigenvalue weighted by molar-refractivity contribution is 7.99. The van der Waals surface area contributed by atoms with Gasteiger partial charge in [-0.2, -0.15) is 0 Å². The van der Waals surface area contributed by atoms with Crippen molar-refractivity contribution in [3.05, 3.63) is 65.7 Å². The summed E-state index contributed by atoms with van der Waals surface area (Å²) in [5.74, 6) is 2.00. The minimum absolute atomic E-state index is 0.0490. The summed E-state index contributed by atoms with van der Waals surface area (Å²) in [6.45, 7) is 7.49. The number of nitrogens with one attached hydrogen (secondary N) is 1. The summed E-state index contributed by atoms with van der Waals surface area (Å²) in [7, 11) is 1.71. The number of benzene rings is 2. The molecule has 1 aliphatic rings. The summed E-state index contributed by atoms with van der Waals surface area (Å²) >= 11 is 1.39. The minimum atomic E-state index is -0.0490. The van der Waals surface area contributed by atoms with Crippen LogP contribution in [-0.2, 0) is 4.79 Å². The molecule has 0 atom stereocenters. The minimum Gasteiger partial charge on any atom is -0.495 e. The molecule has 1 aromatic heterocycles. The zero-order valence-corrected chi connectivity index (χ0v) is 20.1. The number of rotatable bonds is 7. The van der Waals surface area contributed by atoms with E-state index in [4.69, 9.17) is 4.74 Å². The number of thioether (sulfide) groups is 1. The van der Waals surface area contributed by atoms with Gasteiger partial charge in [0.2, 0.25) is 5.91 Å². The number of aryl methyl sites for hydroxylation is 2. The standard InChI is InChI=1S/C25H29N5O2S/c1-18-8-9-19(2)20(16-18)26-24(31)17-33-25-11-10-23(27-28-25)30-14-12-29(13-15-30)21-6-4-5-7-22(21)32-3/h4-11,16H,12-15,17H2,1-3H3,(H,26,31). The van der Waals surface area contributed by atoms with E-state index in [1.165, 1.54) is 11.8 Å². The maximum atomic E-state index is 12.4. The van der Waals surface area contributed by atoms with E-state index in [1.807, 2.05) is 62.4 Å². The number of piperazine rings is 1. The number of aromatic nitrogens is 2. The zero-order chi connectivity index (χ0) is 23.2. The van der Waals surface area contributed by atoms with Crippen molar-refractivity contribution < 1.29 is 9.53 Å². The number of methoxy groups -OCH3 is 1. The number of carbonyl (C=O) groups excluding carboxylic acids is 1. The first-order chi connectivity index (χ1) is 16.0. The molecule has 1 amide bonds. The summed E-state index contributed by atoms with van der Waals surface area (Å²) in [5.41, 5.74) is 4.15. The van der Waals surface area contributed by atoms with Crippen LogP contribution in [0.4, 0.5) is 17.2 Å². The number of ether oxygens (including phenoxy) is 1. The maximum absolute atomic E-state index is 12.4. The molecule has 1 N–H and O–H groups in total. The van der Waals surface area contributed by atoms with Crippen LogP contribution in [0.1, 0.15) is 11.1 Å². The highest BCUT2D eigenvalue weighted by Crippen LogP contribution is 2.29. The highest BCUT2D eigenvalue weighted by Gasteiger charge is 2.20. The van der Waals surface area contributed by atoms with E-state index in [9.17, 15) is 4.79 Å². The Hall–Kier alpha value is -3.26. The zero-order valence-electron chi connectivity index (χ0n) is 19.2. The van der Waals surface area contributed by atoms with E-state index in [2.05, 4.69) is 31.4 Å². The van der Waals surface area contributed by atoms with Crippen molar-refractivity contribution in [2.45, 2.75) is 18.9 Å². The lowest BCUT2D eigenvalue weighted by molar-refractivity contribution is -0.113. The smallest absolute Gasteiger partial charge is 0.234 e. The molecule has 0 aliphatic carbocycles. The second-order valence-electron chi connectivity index (χ2n) is 8.03. The van der Waals surface area contributed by atoms with Crippen molar-refractivity contribution in [2.24, 2.45) is 0 Å². The molecule has 4 rings (SSSR count). The molecule has 0 bridgehead atoms. The Labute approximate surface area is 199 Å². The van der Waals surface area contributed by atoms with Gasteiger partial charge in [-0.1, -0.05) is 36.0 Å². The topological polar surface area (TPSA) is 70.6 Å². The third-order valence-electron chi connectivity index (χ3n) is 5.67. The van der Waals surface area contributed by atoms with Crippen molar-refractivity contribution in [3.63, 3.8) is 0 Å². The summed E-state index contributed by atoms with van der Waals surface area (Å²) < 4.78 is 5.50. The van der Waals surface area contributed by atoms with E-state index in [0.29, 0.717) is 5.75 Å². The van der Waals surface area contributed by atoms with Gasteiger partial charge in [-0.15, -0.1) is 10.2 Å². The van der Waals surface area contributed by atoms with Crippen LogP contribution in [0.25, 0.3) is 0 Å². The van der Waals surface area contributed by atoms with E-state index in [0.717, 1.165) is 65.3 Å². The van der Waals surface area contributed by atoms with Gasteiger partial charge < -0.3 is 19.9 Å². The molecular weight excluding hydrogens is 434 g/mol. The number of anilines is 3. The average Bonchev–Trinajstić information content (AvgIpc) is 2.85. The first-order valence-corrected chi connectivity index (χ1v) is 12.0. The van der Waals surface area contributed by atoms with Crippen LogP contribution in [0.2, 0.25) is 0 Å². The van der Waals surface area contributed by atoms with Gasteiger partial charge in [0.1, 0.15) is 10.8 Å². The monoisotopic (exact) mass is 463 g/mol. The van der Waals surface area contributed by atoms with Crippen molar-refractivity contribution in [1.29, 1.82) is 0 Å². The molecule has 3 aromatic rings. The Balaban J connectivity index is 1.28. The Morgan fingerprint density at radius 2 is 1.76 bits per heavy atom. The predicted molar refractivity (Wildman–Crippen MR) is 135 cm³/mol. The molecule has 33 heavy (non-hydrogen) atoms. The van der Waals surface area contributed by atoms with Gasteiger partial charge in [0.05, 0.1) is 18.6 Å². The summed E-state index contributed by atoms with van der Waals surface area (Å²) in [5, 5.41) is 12.4. The molecule has 1 saturated heterocycles. The Bertz CT molecular complexity index is 1100. The van der Waals surface area contributed by atoms with Gasteiger partial charge in [-0.05, 0) is 55.3 Å². The van der Waals surface area contributed by atoms with Crippen molar-refractivity contribution in [2.75, 3.05) is 54.2 Å². The largest absolute Gasteiger partial charge is 0.495 e. The van der Waals surface area contributed by atoms with Crippen LogP contribution in [-0.4, -0.2) is 55.1 Å². The fraction of sp³-hybridized carbons (Fsp3) is 0.320. The molecule has 2 heterocycles. The fourth-order valence-corrected chi connectivity index (χ4v) is 4.44. The van der Waals surface area contributed by atoms with Crippen LogP contribution in [0.15, 0.2) is 59.6 Å². The van der Waals surface area contributed by atoms with Gasteiger partial charge in [0.25, 0.3) is 0 Å². The lowest BCUT2D eigenvalue weighted by Crippen LogP contribution is -2.47. The van der Waals surface area contributed by atoms with Gasteiger partial charge in [-0.25, -0.2) is 0 Å². The van der Waals surface area contributed by atoms with Crippen LogP contribution in [0.3, 0.4) is 0 Å². The molecule has 0 radical (unpaired) electrons. The number of nitrogens with zero attached hydrogens (tertiary/aromatic N) is 4. The predicted octanol–water partition coefficient (Wildman–Crippen LogP) is 4.16. The van der Waals surface area contributed by atoms with Crippen LogP contribution >= 0.6 is 11.8 Å². The second-order valence-corrected chi connectivity index (χ2v) is 9.03. The average molecular weight is 464 g/mol. The van der Waals surface area contributed by atoms with Crippen LogP contribution in [0, 0.1) is 13.8 Å².